The van der Waals surface area contributed by atoms with Gasteiger partial charge in [-0.2, -0.15) is 0 Å². The van der Waals surface area contributed by atoms with Crippen molar-refractivity contribution in [3.63, 3.8) is 0 Å². The van der Waals surface area contributed by atoms with Crippen molar-refractivity contribution < 1.29 is 34.4 Å². The Bertz CT molecular complexity index is 521. The van der Waals surface area contributed by atoms with Crippen molar-refractivity contribution in [3.8, 4) is 11.5 Å². The molecule has 1 aromatic rings. The fraction of sp³-hybridized carbons (Fsp3) is 0.333. The molecular formula is C12H10O7-2. The minimum Gasteiger partial charge on any atom is -0.542 e. The molecule has 19 heavy (non-hydrogen) atoms. The van der Waals surface area contributed by atoms with Crippen LogP contribution in [0.15, 0.2) is 18.2 Å². The molecule has 1 unspecified atom stereocenters. The van der Waals surface area contributed by atoms with Crippen molar-refractivity contribution in [2.24, 2.45) is 0 Å². The van der Waals surface area contributed by atoms with E-state index < -0.39 is 23.8 Å². The highest BCUT2D eigenvalue weighted by Crippen LogP contribution is 2.39. The topological polar surface area (TPSA) is 119 Å². The third-order valence-corrected chi connectivity index (χ3v) is 2.58. The number of carbonyl (C=O) groups is 2. The Kier molecular flexibility index (Phi) is 3.07. The quantitative estimate of drug-likeness (QED) is 0.602. The molecule has 0 saturated heterocycles. The molecule has 0 saturated carbocycles. The summed E-state index contributed by atoms with van der Waals surface area (Å²) in [4.78, 5) is 21.7. The third-order valence-electron chi connectivity index (χ3n) is 2.58. The lowest BCUT2D eigenvalue weighted by Crippen LogP contribution is -2.64. The molecule has 0 spiro atoms. The molecule has 0 radical (unpaired) electrons. The monoisotopic (exact) mass is 266 g/mol. The molecule has 0 fully saturated rings. The maximum atomic E-state index is 10.9. The molecule has 0 aromatic heterocycles. The summed E-state index contributed by atoms with van der Waals surface area (Å²) in [6, 6.07) is 4.33. The van der Waals surface area contributed by atoms with Crippen LogP contribution in [0.4, 0.5) is 0 Å². The SMILES string of the molecule is CC(O)Cc1ccc2c(c1)OC(C(=O)[O-])(C(=O)[O-])O2. The van der Waals surface area contributed by atoms with E-state index in [-0.39, 0.29) is 11.5 Å². The predicted molar refractivity (Wildman–Crippen MR) is 55.8 cm³/mol. The Morgan fingerprint density at radius 2 is 1.84 bits per heavy atom. The van der Waals surface area contributed by atoms with E-state index in [0.717, 1.165) is 0 Å². The van der Waals surface area contributed by atoms with Crippen molar-refractivity contribution in [2.75, 3.05) is 0 Å². The van der Waals surface area contributed by atoms with Crippen LogP contribution in [0, 0.1) is 0 Å². The van der Waals surface area contributed by atoms with Crippen molar-refractivity contribution in [2.45, 2.75) is 25.2 Å². The second kappa shape index (κ2) is 4.43. The average molecular weight is 266 g/mol. The van der Waals surface area contributed by atoms with Crippen LogP contribution in [0.25, 0.3) is 0 Å². The average Bonchev–Trinajstić information content (AvgIpc) is 2.68. The van der Waals surface area contributed by atoms with Crippen LogP contribution in [0.3, 0.4) is 0 Å². The molecule has 7 heteroatoms. The number of aliphatic hydroxyl groups is 1. The van der Waals surface area contributed by atoms with Gasteiger partial charge >= 0.3 is 5.79 Å². The number of hydrogen-bond acceptors (Lipinski definition) is 7. The number of carboxylic acid groups (broad SMARTS) is 2. The molecule has 0 bridgehead atoms. The van der Waals surface area contributed by atoms with E-state index in [9.17, 15) is 24.9 Å². The lowest BCUT2D eigenvalue weighted by atomic mass is 10.1. The number of carbonyl (C=O) groups excluding carboxylic acids is 2. The van der Waals surface area contributed by atoms with Gasteiger partial charge in [0.15, 0.2) is 11.5 Å². The van der Waals surface area contributed by atoms with Crippen molar-refractivity contribution >= 4 is 11.9 Å². The van der Waals surface area contributed by atoms with Gasteiger partial charge < -0.3 is 34.4 Å². The van der Waals surface area contributed by atoms with Gasteiger partial charge in [0, 0.05) is 0 Å². The fourth-order valence-electron chi connectivity index (χ4n) is 1.77. The number of aliphatic carboxylic acids is 2. The zero-order valence-electron chi connectivity index (χ0n) is 9.91. The van der Waals surface area contributed by atoms with Gasteiger partial charge in [-0.05, 0) is 31.0 Å². The van der Waals surface area contributed by atoms with E-state index in [1.54, 1.807) is 13.0 Å². The van der Waals surface area contributed by atoms with Crippen molar-refractivity contribution in [1.82, 2.24) is 0 Å². The first-order valence-corrected chi connectivity index (χ1v) is 5.47. The van der Waals surface area contributed by atoms with Gasteiger partial charge in [-0.1, -0.05) is 6.07 Å². The molecule has 1 aromatic carbocycles. The van der Waals surface area contributed by atoms with Gasteiger partial charge in [0.2, 0.25) is 0 Å². The molecular weight excluding hydrogens is 256 g/mol. The number of aliphatic hydroxyl groups excluding tert-OH is 1. The van der Waals surface area contributed by atoms with E-state index in [1.807, 2.05) is 0 Å². The second-order valence-electron chi connectivity index (χ2n) is 4.23. The summed E-state index contributed by atoms with van der Waals surface area (Å²) in [5.41, 5.74) is 0.643. The van der Waals surface area contributed by atoms with Crippen molar-refractivity contribution in [3.05, 3.63) is 23.8 Å². The first-order valence-electron chi connectivity index (χ1n) is 5.47. The Morgan fingerprint density at radius 1 is 1.26 bits per heavy atom. The number of carboxylic acids is 2. The van der Waals surface area contributed by atoms with Crippen LogP contribution < -0.4 is 19.7 Å². The molecule has 2 rings (SSSR count). The summed E-state index contributed by atoms with van der Waals surface area (Å²) in [5, 5.41) is 31.0. The molecule has 1 atom stereocenters. The van der Waals surface area contributed by atoms with Crippen LogP contribution in [0.1, 0.15) is 12.5 Å². The first kappa shape index (κ1) is 13.2. The number of rotatable bonds is 4. The lowest BCUT2D eigenvalue weighted by molar-refractivity contribution is -0.362. The summed E-state index contributed by atoms with van der Waals surface area (Å²) in [5.74, 6) is -7.16. The number of fused-ring (bicyclic) bond motifs is 1. The largest absolute Gasteiger partial charge is 0.542 e. The molecule has 1 heterocycles. The Morgan fingerprint density at radius 3 is 2.37 bits per heavy atom. The highest BCUT2D eigenvalue weighted by molar-refractivity contribution is 5.99. The zero-order valence-corrected chi connectivity index (χ0v) is 9.91. The third kappa shape index (κ3) is 2.19. The van der Waals surface area contributed by atoms with Crippen LogP contribution in [-0.4, -0.2) is 28.9 Å². The molecule has 1 N–H and O–H groups in total. The number of benzene rings is 1. The van der Waals surface area contributed by atoms with E-state index in [4.69, 9.17) is 9.47 Å². The summed E-state index contributed by atoms with van der Waals surface area (Å²) < 4.78 is 9.58. The lowest BCUT2D eigenvalue weighted by Gasteiger charge is -2.28. The van der Waals surface area contributed by atoms with Crippen molar-refractivity contribution in [1.29, 1.82) is 0 Å². The number of hydrogen-bond donors (Lipinski definition) is 1. The highest BCUT2D eigenvalue weighted by atomic mass is 16.8. The van der Waals surface area contributed by atoms with E-state index in [2.05, 4.69) is 0 Å². The maximum absolute atomic E-state index is 10.9. The smallest absolute Gasteiger partial charge is 0.335 e. The molecule has 7 nitrogen and oxygen atoms in total. The van der Waals surface area contributed by atoms with Gasteiger partial charge in [-0.15, -0.1) is 0 Å². The second-order valence-corrected chi connectivity index (χ2v) is 4.23. The predicted octanol–water partition coefficient (Wildman–Crippen LogP) is -2.42. The van der Waals surface area contributed by atoms with E-state index in [0.29, 0.717) is 12.0 Å². The van der Waals surface area contributed by atoms with E-state index in [1.165, 1.54) is 12.1 Å². The molecule has 1 aliphatic heterocycles. The van der Waals surface area contributed by atoms with Gasteiger partial charge in [0.25, 0.3) is 0 Å². The number of ether oxygens (including phenoxy) is 2. The van der Waals surface area contributed by atoms with Gasteiger partial charge in [0.05, 0.1) is 6.10 Å². The van der Waals surface area contributed by atoms with Crippen LogP contribution in [-0.2, 0) is 16.0 Å². The fourth-order valence-corrected chi connectivity index (χ4v) is 1.77. The van der Waals surface area contributed by atoms with Crippen LogP contribution in [0.2, 0.25) is 0 Å². The van der Waals surface area contributed by atoms with Crippen LogP contribution in [0.5, 0.6) is 11.5 Å². The Balaban J connectivity index is 2.34. The minimum absolute atomic E-state index is 0.0391. The molecule has 0 aliphatic carbocycles. The zero-order chi connectivity index (χ0) is 14.2. The maximum Gasteiger partial charge on any atom is 0.335 e. The van der Waals surface area contributed by atoms with E-state index >= 15 is 0 Å². The first-order chi connectivity index (χ1) is 8.85. The summed E-state index contributed by atoms with van der Waals surface area (Å²) in [7, 11) is 0. The Hall–Kier alpha value is -2.28. The minimum atomic E-state index is -2.97. The van der Waals surface area contributed by atoms with Crippen LogP contribution >= 0.6 is 0 Å². The molecule has 1 aliphatic rings. The molecule has 102 valence electrons. The normalized spacial score (nSPS) is 16.9. The highest BCUT2D eigenvalue weighted by Gasteiger charge is 2.45. The van der Waals surface area contributed by atoms with Gasteiger partial charge in [-0.3, -0.25) is 0 Å². The Labute approximate surface area is 108 Å². The molecule has 0 amide bonds. The summed E-state index contributed by atoms with van der Waals surface area (Å²) in [6.07, 6.45) is -0.298. The summed E-state index contributed by atoms with van der Waals surface area (Å²) in [6.45, 7) is 1.58. The standard InChI is InChI=1S/C12H12O7/c1-6(13)4-7-2-3-8-9(5-7)19-12(18-8,10(14)15)11(16)17/h2-3,5-6,13H,4H2,1H3,(H,14,15)(H,16,17)/p-2. The van der Waals surface area contributed by atoms with Gasteiger partial charge in [0.1, 0.15) is 11.9 Å². The van der Waals surface area contributed by atoms with Gasteiger partial charge in [-0.25, -0.2) is 0 Å². The summed E-state index contributed by atoms with van der Waals surface area (Å²) >= 11 is 0.